The van der Waals surface area contributed by atoms with Gasteiger partial charge in [0.05, 0.1) is 5.69 Å². The fraction of sp³-hybridized carbons (Fsp3) is 0.538. The van der Waals surface area contributed by atoms with Crippen molar-refractivity contribution in [1.29, 1.82) is 0 Å². The van der Waals surface area contributed by atoms with Gasteiger partial charge in [-0.05, 0) is 52.7 Å². The van der Waals surface area contributed by atoms with E-state index < -0.39 is 0 Å². The van der Waals surface area contributed by atoms with Gasteiger partial charge in [-0.1, -0.05) is 12.1 Å². The van der Waals surface area contributed by atoms with Crippen LogP contribution in [0.25, 0.3) is 0 Å². The lowest BCUT2D eigenvalue weighted by atomic mass is 9.66. The summed E-state index contributed by atoms with van der Waals surface area (Å²) in [4.78, 5) is 2.51. The molecule has 1 unspecified atom stereocenters. The molecule has 2 bridgehead atoms. The Kier molecular flexibility index (Phi) is 2.68. The lowest BCUT2D eigenvalue weighted by Gasteiger charge is -2.54. The third-order valence-electron chi connectivity index (χ3n) is 4.07. The molecule has 1 atom stereocenters. The fourth-order valence-electron chi connectivity index (χ4n) is 3.20. The SMILES string of the molecule is NCC1C2CC(C2)CN1c1ccccc1Br. The highest BCUT2D eigenvalue weighted by Crippen LogP contribution is 2.46. The first-order valence-electron chi connectivity index (χ1n) is 6.01. The van der Waals surface area contributed by atoms with Crippen LogP contribution < -0.4 is 10.6 Å². The smallest absolute Gasteiger partial charge is 0.0513 e. The minimum atomic E-state index is 0.545. The molecule has 2 aliphatic heterocycles. The van der Waals surface area contributed by atoms with Crippen molar-refractivity contribution in [3.63, 3.8) is 0 Å². The maximum atomic E-state index is 5.94. The molecule has 0 radical (unpaired) electrons. The highest BCUT2D eigenvalue weighted by atomic mass is 79.9. The van der Waals surface area contributed by atoms with Crippen molar-refractivity contribution < 1.29 is 0 Å². The first kappa shape index (κ1) is 10.6. The Bertz CT molecular complexity index is 387. The average molecular weight is 281 g/mol. The summed E-state index contributed by atoms with van der Waals surface area (Å²) < 4.78 is 1.19. The normalized spacial score (nSPS) is 32.4. The number of hydrogen-bond acceptors (Lipinski definition) is 2. The summed E-state index contributed by atoms with van der Waals surface area (Å²) in [6.45, 7) is 1.96. The van der Waals surface area contributed by atoms with Crippen molar-refractivity contribution in [1.82, 2.24) is 0 Å². The minimum absolute atomic E-state index is 0.545. The van der Waals surface area contributed by atoms with E-state index in [9.17, 15) is 0 Å². The third kappa shape index (κ3) is 1.57. The van der Waals surface area contributed by atoms with Gasteiger partial charge in [-0.2, -0.15) is 0 Å². The van der Waals surface area contributed by atoms with Crippen LogP contribution in [0.1, 0.15) is 12.8 Å². The molecule has 0 amide bonds. The number of fused-ring (bicyclic) bond motifs is 2. The average Bonchev–Trinajstić information content (AvgIpc) is 2.27. The topological polar surface area (TPSA) is 29.3 Å². The molecule has 0 spiro atoms. The van der Waals surface area contributed by atoms with Gasteiger partial charge >= 0.3 is 0 Å². The zero-order valence-corrected chi connectivity index (χ0v) is 10.9. The fourth-order valence-corrected chi connectivity index (χ4v) is 3.71. The highest BCUT2D eigenvalue weighted by Gasteiger charge is 2.44. The molecule has 3 fully saturated rings. The van der Waals surface area contributed by atoms with Crippen LogP contribution in [0.3, 0.4) is 0 Å². The second-order valence-electron chi connectivity index (χ2n) is 5.00. The predicted octanol–water partition coefficient (Wildman–Crippen LogP) is 2.62. The third-order valence-corrected chi connectivity index (χ3v) is 4.75. The Labute approximate surface area is 105 Å². The van der Waals surface area contributed by atoms with E-state index in [0.717, 1.165) is 18.4 Å². The Morgan fingerprint density at radius 2 is 2.06 bits per heavy atom. The van der Waals surface area contributed by atoms with E-state index in [0.29, 0.717) is 6.04 Å². The molecule has 2 heterocycles. The van der Waals surface area contributed by atoms with Crippen LogP contribution in [-0.4, -0.2) is 19.1 Å². The Hall–Kier alpha value is -0.540. The Morgan fingerprint density at radius 1 is 1.31 bits per heavy atom. The largest absolute Gasteiger partial charge is 0.366 e. The van der Waals surface area contributed by atoms with Crippen molar-refractivity contribution in [2.75, 3.05) is 18.0 Å². The van der Waals surface area contributed by atoms with E-state index in [1.807, 2.05) is 0 Å². The molecule has 3 heteroatoms. The first-order chi connectivity index (χ1) is 7.79. The summed E-state index contributed by atoms with van der Waals surface area (Å²) in [5.74, 6) is 1.73. The van der Waals surface area contributed by atoms with Crippen molar-refractivity contribution in [2.45, 2.75) is 18.9 Å². The maximum absolute atomic E-state index is 5.94. The van der Waals surface area contributed by atoms with Crippen LogP contribution >= 0.6 is 15.9 Å². The number of nitrogens with two attached hydrogens (primary N) is 1. The lowest BCUT2D eigenvalue weighted by molar-refractivity contribution is 0.114. The van der Waals surface area contributed by atoms with E-state index in [1.54, 1.807) is 0 Å². The number of para-hydroxylation sites is 1. The summed E-state index contributed by atoms with van der Waals surface area (Å²) in [5.41, 5.74) is 7.25. The van der Waals surface area contributed by atoms with E-state index in [4.69, 9.17) is 5.73 Å². The zero-order valence-electron chi connectivity index (χ0n) is 9.27. The van der Waals surface area contributed by atoms with Gasteiger partial charge in [0.2, 0.25) is 0 Å². The molecule has 1 aromatic rings. The standard InChI is InChI=1S/C13H17BrN2/c14-11-3-1-2-4-12(11)16-8-9-5-10(6-9)13(16)7-15/h1-4,9-10,13H,5-8,15H2. The number of halogens is 1. The second kappa shape index (κ2) is 4.04. The van der Waals surface area contributed by atoms with Crippen LogP contribution in [0.4, 0.5) is 5.69 Å². The van der Waals surface area contributed by atoms with Crippen molar-refractivity contribution in [3.8, 4) is 0 Å². The molecule has 1 saturated carbocycles. The molecule has 0 aromatic heterocycles. The van der Waals surface area contributed by atoms with Gasteiger partial charge in [0, 0.05) is 23.6 Å². The summed E-state index contributed by atoms with van der Waals surface area (Å²) >= 11 is 3.64. The number of piperidine rings is 2. The van der Waals surface area contributed by atoms with Gasteiger partial charge < -0.3 is 10.6 Å². The van der Waals surface area contributed by atoms with Crippen molar-refractivity contribution in [2.24, 2.45) is 17.6 Å². The van der Waals surface area contributed by atoms with Crippen LogP contribution in [0.2, 0.25) is 0 Å². The Balaban J connectivity index is 1.91. The predicted molar refractivity (Wildman–Crippen MR) is 70.5 cm³/mol. The summed E-state index contributed by atoms with van der Waals surface area (Å²) in [7, 11) is 0. The van der Waals surface area contributed by atoms with Gasteiger partial charge in [-0.25, -0.2) is 0 Å². The molecule has 2 saturated heterocycles. The molecular formula is C13H17BrN2. The quantitative estimate of drug-likeness (QED) is 0.903. The van der Waals surface area contributed by atoms with Crippen molar-refractivity contribution >= 4 is 21.6 Å². The van der Waals surface area contributed by atoms with E-state index in [1.165, 1.54) is 29.5 Å². The summed E-state index contributed by atoms with van der Waals surface area (Å²) in [6, 6.07) is 9.02. The number of anilines is 1. The van der Waals surface area contributed by atoms with E-state index >= 15 is 0 Å². The van der Waals surface area contributed by atoms with Crippen LogP contribution in [0.15, 0.2) is 28.7 Å². The van der Waals surface area contributed by atoms with E-state index in [-0.39, 0.29) is 0 Å². The number of nitrogens with zero attached hydrogens (tertiary/aromatic N) is 1. The van der Waals surface area contributed by atoms with Crippen LogP contribution in [0, 0.1) is 11.8 Å². The molecule has 86 valence electrons. The monoisotopic (exact) mass is 280 g/mol. The summed E-state index contributed by atoms with van der Waals surface area (Å²) in [5, 5.41) is 0. The number of hydrogen-bond donors (Lipinski definition) is 1. The van der Waals surface area contributed by atoms with Crippen LogP contribution in [0.5, 0.6) is 0 Å². The lowest BCUT2D eigenvalue weighted by Crippen LogP contribution is -2.58. The first-order valence-corrected chi connectivity index (χ1v) is 6.80. The van der Waals surface area contributed by atoms with Crippen LogP contribution in [-0.2, 0) is 0 Å². The second-order valence-corrected chi connectivity index (χ2v) is 5.86. The zero-order chi connectivity index (χ0) is 11.1. The van der Waals surface area contributed by atoms with E-state index in [2.05, 4.69) is 45.1 Å². The molecule has 1 aliphatic carbocycles. The molecule has 2 N–H and O–H groups in total. The number of rotatable bonds is 2. The van der Waals surface area contributed by atoms with Gasteiger partial charge in [-0.3, -0.25) is 0 Å². The van der Waals surface area contributed by atoms with Crippen molar-refractivity contribution in [3.05, 3.63) is 28.7 Å². The molecule has 2 nitrogen and oxygen atoms in total. The molecule has 1 aromatic carbocycles. The van der Waals surface area contributed by atoms with Gasteiger partial charge in [-0.15, -0.1) is 0 Å². The molecule has 3 aliphatic rings. The highest BCUT2D eigenvalue weighted by molar-refractivity contribution is 9.10. The number of benzene rings is 1. The minimum Gasteiger partial charge on any atom is -0.366 e. The summed E-state index contributed by atoms with van der Waals surface area (Å²) in [6.07, 6.45) is 2.78. The van der Waals surface area contributed by atoms with Gasteiger partial charge in [0.15, 0.2) is 0 Å². The molecule has 16 heavy (non-hydrogen) atoms. The Morgan fingerprint density at radius 3 is 2.75 bits per heavy atom. The maximum Gasteiger partial charge on any atom is 0.0513 e. The van der Waals surface area contributed by atoms with Gasteiger partial charge in [0.1, 0.15) is 0 Å². The molecule has 4 rings (SSSR count). The molecular weight excluding hydrogens is 264 g/mol. The van der Waals surface area contributed by atoms with Gasteiger partial charge in [0.25, 0.3) is 0 Å².